The van der Waals surface area contributed by atoms with E-state index >= 15 is 0 Å². The summed E-state index contributed by atoms with van der Waals surface area (Å²) in [7, 11) is 2.07. The molecule has 0 aromatic heterocycles. The van der Waals surface area contributed by atoms with Crippen LogP contribution in [0.4, 0.5) is 0 Å². The molecule has 2 aliphatic heterocycles. The highest BCUT2D eigenvalue weighted by atomic mass is 35.5. The van der Waals surface area contributed by atoms with Crippen LogP contribution in [0, 0.1) is 6.92 Å². The van der Waals surface area contributed by atoms with Crippen molar-refractivity contribution in [3.63, 3.8) is 0 Å². The minimum absolute atomic E-state index is 0.0564. The molecule has 0 saturated carbocycles. The minimum atomic E-state index is -0.282. The fourth-order valence-electron chi connectivity index (χ4n) is 3.82. The van der Waals surface area contributed by atoms with E-state index in [2.05, 4.69) is 11.9 Å². The molecular formula is C21H30ClN3O3. The molecule has 2 fully saturated rings. The molecule has 3 rings (SSSR count). The van der Waals surface area contributed by atoms with Crippen LogP contribution < -0.4 is 4.74 Å². The summed E-state index contributed by atoms with van der Waals surface area (Å²) in [5.74, 6) is 0.936. The number of carbonyl (C=O) groups excluding carboxylic acids is 2. The number of ether oxygens (including phenoxy) is 1. The summed E-state index contributed by atoms with van der Waals surface area (Å²) >= 11 is 6.02. The summed E-state index contributed by atoms with van der Waals surface area (Å²) in [6.07, 6.45) is 2.71. The second kappa shape index (κ2) is 9.61. The molecule has 1 unspecified atom stereocenters. The van der Waals surface area contributed by atoms with Gasteiger partial charge in [0.1, 0.15) is 11.8 Å². The van der Waals surface area contributed by atoms with Crippen LogP contribution in [0.5, 0.6) is 5.75 Å². The van der Waals surface area contributed by atoms with Crippen LogP contribution in [0.3, 0.4) is 0 Å². The van der Waals surface area contributed by atoms with E-state index in [1.807, 2.05) is 30.0 Å². The van der Waals surface area contributed by atoms with E-state index in [4.69, 9.17) is 16.3 Å². The molecule has 2 amide bonds. The predicted octanol–water partition coefficient (Wildman–Crippen LogP) is 2.57. The van der Waals surface area contributed by atoms with Crippen molar-refractivity contribution in [2.45, 2.75) is 38.6 Å². The topological polar surface area (TPSA) is 53.1 Å². The molecule has 2 heterocycles. The molecule has 1 aromatic carbocycles. The van der Waals surface area contributed by atoms with Gasteiger partial charge in [-0.3, -0.25) is 9.59 Å². The fraction of sp³-hybridized carbons (Fsp3) is 0.619. The van der Waals surface area contributed by atoms with Gasteiger partial charge in [-0.2, -0.15) is 0 Å². The second-order valence-corrected chi connectivity index (χ2v) is 8.14. The zero-order valence-electron chi connectivity index (χ0n) is 16.8. The summed E-state index contributed by atoms with van der Waals surface area (Å²) < 4.78 is 5.73. The molecule has 7 heteroatoms. The van der Waals surface area contributed by atoms with Gasteiger partial charge in [0, 0.05) is 44.2 Å². The van der Waals surface area contributed by atoms with Crippen LogP contribution in [-0.4, -0.2) is 78.9 Å². The first-order valence-corrected chi connectivity index (χ1v) is 10.5. The second-order valence-electron chi connectivity index (χ2n) is 7.74. The van der Waals surface area contributed by atoms with Gasteiger partial charge in [-0.25, -0.2) is 0 Å². The van der Waals surface area contributed by atoms with Gasteiger partial charge in [0.15, 0.2) is 0 Å². The van der Waals surface area contributed by atoms with Crippen LogP contribution in [0.1, 0.15) is 31.2 Å². The first-order chi connectivity index (χ1) is 13.5. The third-order valence-electron chi connectivity index (χ3n) is 5.61. The van der Waals surface area contributed by atoms with Crippen molar-refractivity contribution in [3.05, 3.63) is 28.8 Å². The molecule has 0 radical (unpaired) electrons. The fourth-order valence-corrected chi connectivity index (χ4v) is 3.94. The van der Waals surface area contributed by atoms with E-state index < -0.39 is 0 Å². The molecule has 0 bridgehead atoms. The Morgan fingerprint density at radius 2 is 1.93 bits per heavy atom. The molecule has 1 atom stereocenters. The molecule has 154 valence electrons. The summed E-state index contributed by atoms with van der Waals surface area (Å²) in [4.78, 5) is 31.5. The Morgan fingerprint density at radius 3 is 2.64 bits per heavy atom. The van der Waals surface area contributed by atoms with E-state index in [0.717, 1.165) is 50.3 Å². The average Bonchev–Trinajstić information content (AvgIpc) is 3.18. The molecule has 0 aliphatic carbocycles. The Labute approximate surface area is 172 Å². The number of likely N-dealkylation sites (tertiary alicyclic amines) is 1. The molecule has 2 aliphatic rings. The van der Waals surface area contributed by atoms with Gasteiger partial charge in [-0.05, 0) is 57.0 Å². The van der Waals surface area contributed by atoms with Crippen LogP contribution >= 0.6 is 11.6 Å². The lowest BCUT2D eigenvalue weighted by Crippen LogP contribution is -2.53. The van der Waals surface area contributed by atoms with Gasteiger partial charge >= 0.3 is 0 Å². The zero-order chi connectivity index (χ0) is 20.1. The number of carbonyl (C=O) groups is 2. The Hall–Kier alpha value is -1.79. The monoisotopic (exact) mass is 407 g/mol. The smallest absolute Gasteiger partial charge is 0.245 e. The largest absolute Gasteiger partial charge is 0.494 e. The predicted molar refractivity (Wildman–Crippen MR) is 110 cm³/mol. The first kappa shape index (κ1) is 20.9. The van der Waals surface area contributed by atoms with Crippen LogP contribution in [0.15, 0.2) is 18.2 Å². The molecule has 0 spiro atoms. The molecule has 0 N–H and O–H groups in total. The quantitative estimate of drug-likeness (QED) is 0.680. The highest BCUT2D eigenvalue weighted by Crippen LogP contribution is 2.23. The number of hydrogen-bond acceptors (Lipinski definition) is 4. The molecular weight excluding hydrogens is 378 g/mol. The molecule has 6 nitrogen and oxygen atoms in total. The van der Waals surface area contributed by atoms with E-state index in [1.54, 1.807) is 4.90 Å². The van der Waals surface area contributed by atoms with Crippen molar-refractivity contribution in [1.82, 2.24) is 14.7 Å². The van der Waals surface area contributed by atoms with Gasteiger partial charge in [-0.15, -0.1) is 0 Å². The molecule has 1 aromatic rings. The van der Waals surface area contributed by atoms with Gasteiger partial charge in [0.25, 0.3) is 0 Å². The summed E-state index contributed by atoms with van der Waals surface area (Å²) in [5, 5.41) is 0.715. The first-order valence-electron chi connectivity index (χ1n) is 10.1. The molecule has 2 saturated heterocycles. The standard InChI is InChI=1S/C21H30ClN3O3/c1-16-15-17(7-8-18(16)22)28-14-4-6-20(26)25-9-3-5-19(25)21(27)24-12-10-23(2)11-13-24/h7-8,15,19H,3-6,9-14H2,1-2H3. The van der Waals surface area contributed by atoms with Crippen molar-refractivity contribution in [2.24, 2.45) is 0 Å². The number of benzene rings is 1. The number of hydrogen-bond donors (Lipinski definition) is 0. The van der Waals surface area contributed by atoms with E-state index in [-0.39, 0.29) is 17.9 Å². The van der Waals surface area contributed by atoms with Crippen molar-refractivity contribution in [1.29, 1.82) is 0 Å². The summed E-state index contributed by atoms with van der Waals surface area (Å²) in [5.41, 5.74) is 0.970. The maximum atomic E-state index is 12.9. The van der Waals surface area contributed by atoms with Gasteiger partial charge in [0.2, 0.25) is 11.8 Å². The van der Waals surface area contributed by atoms with Crippen LogP contribution in [-0.2, 0) is 9.59 Å². The third kappa shape index (κ3) is 5.17. The summed E-state index contributed by atoms with van der Waals surface area (Å²) in [6, 6.07) is 5.27. The van der Waals surface area contributed by atoms with E-state index in [9.17, 15) is 9.59 Å². The number of halogens is 1. The van der Waals surface area contributed by atoms with Crippen molar-refractivity contribution >= 4 is 23.4 Å². The van der Waals surface area contributed by atoms with Crippen LogP contribution in [0.25, 0.3) is 0 Å². The average molecular weight is 408 g/mol. The van der Waals surface area contributed by atoms with Crippen molar-refractivity contribution in [3.8, 4) is 5.75 Å². The number of nitrogens with zero attached hydrogens (tertiary/aromatic N) is 3. The highest BCUT2D eigenvalue weighted by Gasteiger charge is 2.36. The summed E-state index contributed by atoms with van der Waals surface area (Å²) in [6.45, 7) is 6.38. The Balaban J connectivity index is 1.45. The SMILES string of the molecule is Cc1cc(OCCCC(=O)N2CCCC2C(=O)N2CCN(C)CC2)ccc1Cl. The third-order valence-corrected chi connectivity index (χ3v) is 6.03. The van der Waals surface area contributed by atoms with Gasteiger partial charge in [0.05, 0.1) is 6.61 Å². The maximum Gasteiger partial charge on any atom is 0.245 e. The van der Waals surface area contributed by atoms with E-state index in [1.165, 1.54) is 0 Å². The molecule has 28 heavy (non-hydrogen) atoms. The van der Waals surface area contributed by atoms with E-state index in [0.29, 0.717) is 31.0 Å². The van der Waals surface area contributed by atoms with Gasteiger partial charge < -0.3 is 19.4 Å². The number of amides is 2. The number of rotatable bonds is 6. The van der Waals surface area contributed by atoms with Crippen molar-refractivity contribution < 1.29 is 14.3 Å². The highest BCUT2D eigenvalue weighted by molar-refractivity contribution is 6.31. The number of aryl methyl sites for hydroxylation is 1. The zero-order valence-corrected chi connectivity index (χ0v) is 17.6. The lowest BCUT2D eigenvalue weighted by atomic mass is 10.1. The Kier molecular flexibility index (Phi) is 7.18. The maximum absolute atomic E-state index is 12.9. The van der Waals surface area contributed by atoms with Crippen LogP contribution in [0.2, 0.25) is 5.02 Å². The lowest BCUT2D eigenvalue weighted by molar-refractivity contribution is -0.144. The Bertz CT molecular complexity index is 704. The number of likely N-dealkylation sites (N-methyl/N-ethyl adjacent to an activating group) is 1. The van der Waals surface area contributed by atoms with Crippen molar-refractivity contribution in [2.75, 3.05) is 46.4 Å². The minimum Gasteiger partial charge on any atom is -0.494 e. The lowest BCUT2D eigenvalue weighted by Gasteiger charge is -2.35. The Morgan fingerprint density at radius 1 is 1.18 bits per heavy atom. The normalized spacial score (nSPS) is 20.5. The van der Waals surface area contributed by atoms with Gasteiger partial charge in [-0.1, -0.05) is 11.6 Å². The number of piperazine rings is 1.